The number of unbranched alkanes of at least 4 members (excludes halogenated alkanes) is 1. The molecule has 0 aromatic heterocycles. The lowest BCUT2D eigenvalue weighted by atomic mass is 10.1. The molecule has 0 aliphatic heterocycles. The Bertz CT molecular complexity index is 311. The van der Waals surface area contributed by atoms with E-state index in [1.54, 1.807) is 0 Å². The van der Waals surface area contributed by atoms with Crippen LogP contribution in [0.1, 0.15) is 46.1 Å². The summed E-state index contributed by atoms with van der Waals surface area (Å²) in [6.45, 7) is 9.77. The minimum atomic E-state index is 0.189. The van der Waals surface area contributed by atoms with Crippen LogP contribution in [0.25, 0.3) is 0 Å². The van der Waals surface area contributed by atoms with E-state index in [-0.39, 0.29) is 5.54 Å². The first-order chi connectivity index (χ1) is 8.01. The molecule has 0 aliphatic rings. The SMILES string of the molecule is CCCCSc1ccc(CNC(C)(C)C)cc1. The Balaban J connectivity index is 2.39. The van der Waals surface area contributed by atoms with Gasteiger partial charge >= 0.3 is 0 Å². The van der Waals surface area contributed by atoms with Gasteiger partial charge in [-0.05, 0) is 50.6 Å². The molecule has 0 spiro atoms. The molecule has 0 aliphatic carbocycles. The fourth-order valence-corrected chi connectivity index (χ4v) is 2.40. The third kappa shape index (κ3) is 6.75. The van der Waals surface area contributed by atoms with Crippen molar-refractivity contribution in [3.05, 3.63) is 29.8 Å². The van der Waals surface area contributed by atoms with Crippen molar-refractivity contribution < 1.29 is 0 Å². The Kier molecular flexibility index (Phi) is 6.07. The molecule has 0 radical (unpaired) electrons. The number of nitrogens with one attached hydrogen (secondary N) is 1. The van der Waals surface area contributed by atoms with Gasteiger partial charge in [0.15, 0.2) is 0 Å². The molecule has 0 fully saturated rings. The second kappa shape index (κ2) is 7.07. The van der Waals surface area contributed by atoms with Gasteiger partial charge in [-0.15, -0.1) is 11.8 Å². The fraction of sp³-hybridized carbons (Fsp3) is 0.600. The van der Waals surface area contributed by atoms with Crippen molar-refractivity contribution in [2.45, 2.75) is 57.5 Å². The van der Waals surface area contributed by atoms with E-state index in [2.05, 4.69) is 57.3 Å². The Labute approximate surface area is 110 Å². The standard InChI is InChI=1S/C15H25NS/c1-5-6-11-17-14-9-7-13(8-10-14)12-16-15(2,3)4/h7-10,16H,5-6,11-12H2,1-4H3. The molecule has 2 heteroatoms. The average Bonchev–Trinajstić information content (AvgIpc) is 2.27. The van der Waals surface area contributed by atoms with E-state index in [1.807, 2.05) is 11.8 Å². The molecule has 1 N–H and O–H groups in total. The van der Waals surface area contributed by atoms with Crippen molar-refractivity contribution in [3.63, 3.8) is 0 Å². The molecule has 0 heterocycles. The highest BCUT2D eigenvalue weighted by atomic mass is 32.2. The van der Waals surface area contributed by atoms with Gasteiger partial charge < -0.3 is 5.32 Å². The molecule has 0 saturated carbocycles. The largest absolute Gasteiger partial charge is 0.308 e. The van der Waals surface area contributed by atoms with Crippen molar-refractivity contribution in [1.29, 1.82) is 0 Å². The highest BCUT2D eigenvalue weighted by molar-refractivity contribution is 7.99. The summed E-state index contributed by atoms with van der Waals surface area (Å²) in [5.74, 6) is 1.23. The second-order valence-corrected chi connectivity index (χ2v) is 6.62. The summed E-state index contributed by atoms with van der Waals surface area (Å²) in [4.78, 5) is 1.39. The number of hydrogen-bond acceptors (Lipinski definition) is 2. The van der Waals surface area contributed by atoms with Crippen LogP contribution in [0.15, 0.2) is 29.2 Å². The maximum Gasteiger partial charge on any atom is 0.0210 e. The predicted molar refractivity (Wildman–Crippen MR) is 78.7 cm³/mol. The topological polar surface area (TPSA) is 12.0 Å². The van der Waals surface area contributed by atoms with Crippen LogP contribution in [0.3, 0.4) is 0 Å². The van der Waals surface area contributed by atoms with Crippen molar-refractivity contribution >= 4 is 11.8 Å². The molecule has 1 aromatic rings. The first-order valence-electron chi connectivity index (χ1n) is 6.48. The van der Waals surface area contributed by atoms with Crippen LogP contribution in [0.4, 0.5) is 0 Å². The van der Waals surface area contributed by atoms with Gasteiger partial charge in [-0.1, -0.05) is 25.5 Å². The summed E-state index contributed by atoms with van der Waals surface area (Å²) < 4.78 is 0. The van der Waals surface area contributed by atoms with Gasteiger partial charge in [0.25, 0.3) is 0 Å². The Hall–Kier alpha value is -0.470. The predicted octanol–water partition coefficient (Wildman–Crippen LogP) is 4.47. The number of rotatable bonds is 6. The first kappa shape index (κ1) is 14.6. The lowest BCUT2D eigenvalue weighted by Crippen LogP contribution is -2.35. The van der Waals surface area contributed by atoms with Crippen molar-refractivity contribution in [1.82, 2.24) is 5.32 Å². The van der Waals surface area contributed by atoms with Crippen LogP contribution in [-0.4, -0.2) is 11.3 Å². The van der Waals surface area contributed by atoms with Gasteiger partial charge in [0.2, 0.25) is 0 Å². The van der Waals surface area contributed by atoms with Crippen LogP contribution in [0.5, 0.6) is 0 Å². The lowest BCUT2D eigenvalue weighted by Gasteiger charge is -2.20. The minimum absolute atomic E-state index is 0.189. The Morgan fingerprint density at radius 3 is 2.29 bits per heavy atom. The second-order valence-electron chi connectivity index (χ2n) is 5.45. The normalized spacial score (nSPS) is 11.8. The van der Waals surface area contributed by atoms with Gasteiger partial charge in [0, 0.05) is 17.0 Å². The zero-order valence-electron chi connectivity index (χ0n) is 11.5. The van der Waals surface area contributed by atoms with Gasteiger partial charge in [-0.2, -0.15) is 0 Å². The van der Waals surface area contributed by atoms with Crippen molar-refractivity contribution in [2.24, 2.45) is 0 Å². The molecule has 17 heavy (non-hydrogen) atoms. The zero-order valence-corrected chi connectivity index (χ0v) is 12.4. The van der Waals surface area contributed by atoms with E-state index >= 15 is 0 Å². The molecule has 1 aromatic carbocycles. The molecule has 0 unspecified atom stereocenters. The van der Waals surface area contributed by atoms with E-state index in [9.17, 15) is 0 Å². The van der Waals surface area contributed by atoms with E-state index in [0.717, 1.165) is 6.54 Å². The Morgan fingerprint density at radius 2 is 1.76 bits per heavy atom. The van der Waals surface area contributed by atoms with Crippen LogP contribution >= 0.6 is 11.8 Å². The molecule has 96 valence electrons. The molecule has 0 amide bonds. The monoisotopic (exact) mass is 251 g/mol. The van der Waals surface area contributed by atoms with E-state index in [4.69, 9.17) is 0 Å². The number of hydrogen-bond donors (Lipinski definition) is 1. The maximum absolute atomic E-state index is 3.50. The fourth-order valence-electron chi connectivity index (χ4n) is 1.41. The van der Waals surface area contributed by atoms with Crippen molar-refractivity contribution in [3.8, 4) is 0 Å². The van der Waals surface area contributed by atoms with E-state index < -0.39 is 0 Å². The highest BCUT2D eigenvalue weighted by Crippen LogP contribution is 2.19. The van der Waals surface area contributed by atoms with E-state index in [0.29, 0.717) is 0 Å². The summed E-state index contributed by atoms with van der Waals surface area (Å²) in [5.41, 5.74) is 1.55. The quantitative estimate of drug-likeness (QED) is 0.591. The summed E-state index contributed by atoms with van der Waals surface area (Å²) >= 11 is 1.96. The van der Waals surface area contributed by atoms with Gasteiger partial charge in [0.05, 0.1) is 0 Å². The molecule has 0 atom stereocenters. The van der Waals surface area contributed by atoms with E-state index in [1.165, 1.54) is 29.1 Å². The minimum Gasteiger partial charge on any atom is -0.308 e. The summed E-state index contributed by atoms with van der Waals surface area (Å²) in [6.07, 6.45) is 2.58. The number of thioether (sulfide) groups is 1. The summed E-state index contributed by atoms with van der Waals surface area (Å²) in [7, 11) is 0. The van der Waals surface area contributed by atoms with Crippen LogP contribution < -0.4 is 5.32 Å². The van der Waals surface area contributed by atoms with Crippen LogP contribution in [-0.2, 0) is 6.54 Å². The maximum atomic E-state index is 3.50. The molecule has 0 bridgehead atoms. The summed E-state index contributed by atoms with van der Waals surface area (Å²) in [5, 5.41) is 3.50. The van der Waals surface area contributed by atoms with Gasteiger partial charge in [0.1, 0.15) is 0 Å². The third-order valence-electron chi connectivity index (χ3n) is 2.51. The van der Waals surface area contributed by atoms with Crippen LogP contribution in [0.2, 0.25) is 0 Å². The number of benzene rings is 1. The van der Waals surface area contributed by atoms with Gasteiger partial charge in [-0.25, -0.2) is 0 Å². The highest BCUT2D eigenvalue weighted by Gasteiger charge is 2.07. The Morgan fingerprint density at radius 1 is 1.12 bits per heavy atom. The molecular weight excluding hydrogens is 226 g/mol. The molecular formula is C15H25NS. The van der Waals surface area contributed by atoms with Gasteiger partial charge in [-0.3, -0.25) is 0 Å². The molecule has 1 rings (SSSR count). The first-order valence-corrected chi connectivity index (χ1v) is 7.46. The smallest absolute Gasteiger partial charge is 0.0210 e. The summed E-state index contributed by atoms with van der Waals surface area (Å²) in [6, 6.07) is 8.93. The zero-order chi connectivity index (χ0) is 12.7. The molecule has 1 nitrogen and oxygen atoms in total. The molecule has 0 saturated heterocycles. The third-order valence-corrected chi connectivity index (χ3v) is 3.61. The van der Waals surface area contributed by atoms with Crippen molar-refractivity contribution in [2.75, 3.05) is 5.75 Å². The van der Waals surface area contributed by atoms with Crippen LogP contribution in [0, 0.1) is 0 Å². The average molecular weight is 251 g/mol. The lowest BCUT2D eigenvalue weighted by molar-refractivity contribution is 0.424.